The zero-order valence-corrected chi connectivity index (χ0v) is 12.3. The minimum absolute atomic E-state index is 0.0944. The van der Waals surface area contributed by atoms with Crippen LogP contribution in [-0.2, 0) is 4.79 Å². The molecular weight excluding hydrogens is 310 g/mol. The van der Waals surface area contributed by atoms with Crippen LogP contribution in [0.3, 0.4) is 0 Å². The quantitative estimate of drug-likeness (QED) is 0.905. The number of aliphatic carboxylic acids is 1. The number of carbonyl (C=O) groups is 2. The lowest BCUT2D eigenvalue weighted by Crippen LogP contribution is -2.38. The predicted molar refractivity (Wildman–Crippen MR) is 75.0 cm³/mol. The number of rotatable bonds is 5. The summed E-state index contributed by atoms with van der Waals surface area (Å²) in [6.07, 6.45) is 1.92. The molecule has 19 heavy (non-hydrogen) atoms. The van der Waals surface area contributed by atoms with E-state index in [-0.39, 0.29) is 18.5 Å². The van der Waals surface area contributed by atoms with Crippen molar-refractivity contribution < 1.29 is 14.7 Å². The number of carbonyl (C=O) groups excluding carboxylic acids is 1. The molecular formula is C14H16BrNO3. The maximum Gasteiger partial charge on any atom is 0.308 e. The first-order valence-electron chi connectivity index (χ1n) is 6.29. The van der Waals surface area contributed by atoms with Crippen LogP contribution in [0.2, 0.25) is 0 Å². The lowest BCUT2D eigenvalue weighted by molar-refractivity contribution is -0.141. The largest absolute Gasteiger partial charge is 0.481 e. The van der Waals surface area contributed by atoms with Gasteiger partial charge in [-0.05, 0) is 40.9 Å². The number of carboxylic acid groups (broad SMARTS) is 1. The van der Waals surface area contributed by atoms with Crippen molar-refractivity contribution in [1.29, 1.82) is 0 Å². The molecule has 0 unspecified atom stereocenters. The van der Waals surface area contributed by atoms with Gasteiger partial charge in [0.1, 0.15) is 0 Å². The Bertz CT molecular complexity index is 499. The minimum Gasteiger partial charge on any atom is -0.481 e. The standard InChI is InChI=1S/C14H16BrNO3/c1-9(14(18)19)8-16(10-6-7-10)13(17)11-4-2-3-5-12(11)15/h2-5,9-10H,6-8H2,1H3,(H,18,19)/t9-/m1/s1. The first-order valence-corrected chi connectivity index (χ1v) is 7.08. The molecule has 0 bridgehead atoms. The van der Waals surface area contributed by atoms with Crippen molar-refractivity contribution in [3.8, 4) is 0 Å². The summed E-state index contributed by atoms with van der Waals surface area (Å²) in [5, 5.41) is 8.99. The molecule has 1 aliphatic rings. The van der Waals surface area contributed by atoms with Crippen molar-refractivity contribution >= 4 is 27.8 Å². The highest BCUT2D eigenvalue weighted by Crippen LogP contribution is 2.30. The van der Waals surface area contributed by atoms with Gasteiger partial charge < -0.3 is 10.0 Å². The molecule has 1 aromatic rings. The van der Waals surface area contributed by atoms with E-state index in [1.54, 1.807) is 17.9 Å². The highest BCUT2D eigenvalue weighted by molar-refractivity contribution is 9.10. The van der Waals surface area contributed by atoms with E-state index in [2.05, 4.69) is 15.9 Å². The zero-order chi connectivity index (χ0) is 14.0. The average molecular weight is 326 g/mol. The molecule has 4 nitrogen and oxygen atoms in total. The van der Waals surface area contributed by atoms with Crippen molar-refractivity contribution in [2.75, 3.05) is 6.54 Å². The third kappa shape index (κ3) is 3.35. The summed E-state index contributed by atoms with van der Waals surface area (Å²) in [5.74, 6) is -1.51. The number of hydrogen-bond acceptors (Lipinski definition) is 2. The lowest BCUT2D eigenvalue weighted by atomic mass is 10.1. The summed E-state index contributed by atoms with van der Waals surface area (Å²) < 4.78 is 0.744. The predicted octanol–water partition coefficient (Wildman–Crippen LogP) is 2.77. The molecule has 5 heteroatoms. The SMILES string of the molecule is C[C@H](CN(C(=O)c1ccccc1Br)C1CC1)C(=O)O. The molecule has 0 aliphatic heterocycles. The Labute approximate surface area is 120 Å². The summed E-state index contributed by atoms with van der Waals surface area (Å²) in [4.78, 5) is 25.2. The van der Waals surface area contributed by atoms with Crippen LogP contribution in [-0.4, -0.2) is 34.5 Å². The van der Waals surface area contributed by atoms with E-state index in [0.717, 1.165) is 17.3 Å². The molecule has 1 saturated carbocycles. The highest BCUT2D eigenvalue weighted by Gasteiger charge is 2.35. The van der Waals surface area contributed by atoms with Crippen LogP contribution < -0.4 is 0 Å². The van der Waals surface area contributed by atoms with E-state index >= 15 is 0 Å². The number of amides is 1. The number of halogens is 1. The zero-order valence-electron chi connectivity index (χ0n) is 10.7. The van der Waals surface area contributed by atoms with Gasteiger partial charge >= 0.3 is 5.97 Å². The number of hydrogen-bond donors (Lipinski definition) is 1. The van der Waals surface area contributed by atoms with Crippen molar-refractivity contribution in [3.63, 3.8) is 0 Å². The van der Waals surface area contributed by atoms with Crippen LogP contribution in [0.1, 0.15) is 30.1 Å². The van der Waals surface area contributed by atoms with E-state index in [0.29, 0.717) is 5.56 Å². The fourth-order valence-electron chi connectivity index (χ4n) is 1.95. The van der Waals surface area contributed by atoms with Crippen LogP contribution in [0.25, 0.3) is 0 Å². The van der Waals surface area contributed by atoms with Crippen LogP contribution >= 0.6 is 15.9 Å². The first-order chi connectivity index (χ1) is 9.00. The van der Waals surface area contributed by atoms with E-state index in [4.69, 9.17) is 5.11 Å². The molecule has 0 saturated heterocycles. The fraction of sp³-hybridized carbons (Fsp3) is 0.429. The Kier molecular flexibility index (Phi) is 4.24. The van der Waals surface area contributed by atoms with Gasteiger partial charge in [0, 0.05) is 17.1 Å². The summed E-state index contributed by atoms with van der Waals surface area (Å²) in [6, 6.07) is 7.43. The van der Waals surface area contributed by atoms with Crippen molar-refractivity contribution in [1.82, 2.24) is 4.90 Å². The van der Waals surface area contributed by atoms with Crippen LogP contribution in [0, 0.1) is 5.92 Å². The van der Waals surface area contributed by atoms with Gasteiger partial charge in [-0.3, -0.25) is 9.59 Å². The van der Waals surface area contributed by atoms with Gasteiger partial charge in [0.2, 0.25) is 0 Å². The van der Waals surface area contributed by atoms with Gasteiger partial charge in [-0.2, -0.15) is 0 Å². The highest BCUT2D eigenvalue weighted by atomic mass is 79.9. The molecule has 0 heterocycles. The molecule has 0 aromatic heterocycles. The number of nitrogens with zero attached hydrogens (tertiary/aromatic N) is 1. The molecule has 1 N–H and O–H groups in total. The number of benzene rings is 1. The lowest BCUT2D eigenvalue weighted by Gasteiger charge is -2.24. The third-order valence-electron chi connectivity index (χ3n) is 3.24. The van der Waals surface area contributed by atoms with Crippen LogP contribution in [0.4, 0.5) is 0 Å². The molecule has 2 rings (SSSR count). The second kappa shape index (κ2) is 5.74. The van der Waals surface area contributed by atoms with Gasteiger partial charge in [-0.15, -0.1) is 0 Å². The molecule has 1 amide bonds. The molecule has 102 valence electrons. The van der Waals surface area contributed by atoms with E-state index in [1.807, 2.05) is 18.2 Å². The Balaban J connectivity index is 2.18. The van der Waals surface area contributed by atoms with Crippen LogP contribution in [0.5, 0.6) is 0 Å². The van der Waals surface area contributed by atoms with Crippen molar-refractivity contribution in [3.05, 3.63) is 34.3 Å². The summed E-state index contributed by atoms with van der Waals surface area (Å²) in [7, 11) is 0. The Morgan fingerprint density at radius 2 is 2.05 bits per heavy atom. The fourth-order valence-corrected chi connectivity index (χ4v) is 2.40. The van der Waals surface area contributed by atoms with Crippen molar-refractivity contribution in [2.24, 2.45) is 5.92 Å². The topological polar surface area (TPSA) is 57.6 Å². The molecule has 0 radical (unpaired) electrons. The third-order valence-corrected chi connectivity index (χ3v) is 3.94. The Hall–Kier alpha value is -1.36. The van der Waals surface area contributed by atoms with Gasteiger partial charge in [-0.25, -0.2) is 0 Å². The molecule has 0 spiro atoms. The summed E-state index contributed by atoms with van der Waals surface area (Å²) in [5.41, 5.74) is 0.590. The van der Waals surface area contributed by atoms with E-state index in [1.165, 1.54) is 0 Å². The molecule has 1 fully saturated rings. The Morgan fingerprint density at radius 3 is 2.58 bits per heavy atom. The summed E-state index contributed by atoms with van der Waals surface area (Å²) >= 11 is 3.37. The minimum atomic E-state index is -0.870. The Morgan fingerprint density at radius 1 is 1.42 bits per heavy atom. The molecule has 1 aromatic carbocycles. The molecule has 1 aliphatic carbocycles. The van der Waals surface area contributed by atoms with Gasteiger partial charge in [0.15, 0.2) is 0 Å². The van der Waals surface area contributed by atoms with Crippen LogP contribution in [0.15, 0.2) is 28.7 Å². The first kappa shape index (κ1) is 14.1. The normalized spacial score (nSPS) is 15.9. The monoisotopic (exact) mass is 325 g/mol. The van der Waals surface area contributed by atoms with Crippen molar-refractivity contribution in [2.45, 2.75) is 25.8 Å². The van der Waals surface area contributed by atoms with Gasteiger partial charge in [0.25, 0.3) is 5.91 Å². The average Bonchev–Trinajstić information content (AvgIpc) is 3.19. The second-order valence-electron chi connectivity index (χ2n) is 4.91. The maximum absolute atomic E-state index is 12.5. The smallest absolute Gasteiger partial charge is 0.308 e. The van der Waals surface area contributed by atoms with Gasteiger partial charge in [-0.1, -0.05) is 19.1 Å². The van der Waals surface area contributed by atoms with E-state index < -0.39 is 11.9 Å². The van der Waals surface area contributed by atoms with E-state index in [9.17, 15) is 9.59 Å². The summed E-state index contributed by atoms with van der Waals surface area (Å²) in [6.45, 7) is 1.89. The van der Waals surface area contributed by atoms with Gasteiger partial charge in [0.05, 0.1) is 11.5 Å². The molecule has 1 atom stereocenters. The number of carboxylic acids is 1. The second-order valence-corrected chi connectivity index (χ2v) is 5.76. The maximum atomic E-state index is 12.5.